The molecule has 2 rings (SSSR count). The maximum Gasteiger partial charge on any atom is 0.165 e. The van der Waals surface area contributed by atoms with Gasteiger partial charge in [0.05, 0.1) is 0 Å². The molecule has 1 heterocycles. The third kappa shape index (κ3) is 3.49. The summed E-state index contributed by atoms with van der Waals surface area (Å²) in [5.41, 5.74) is 3.65. The highest BCUT2D eigenvalue weighted by atomic mass is 32.2. The smallest absolute Gasteiger partial charge is 0.165 e. The van der Waals surface area contributed by atoms with Gasteiger partial charge in [0.25, 0.3) is 0 Å². The SMILES string of the molecule is CSCCCCCn1c(C)cc2c1CC(C)(C)CC2=O. The summed E-state index contributed by atoms with van der Waals surface area (Å²) < 4.78 is 2.40. The molecular weight excluding hydrogens is 266 g/mol. The lowest BCUT2D eigenvalue weighted by atomic mass is 9.76. The molecule has 0 atom stereocenters. The van der Waals surface area contributed by atoms with Crippen LogP contribution in [0.1, 0.15) is 61.3 Å². The second-order valence-electron chi connectivity index (χ2n) is 6.79. The van der Waals surface area contributed by atoms with Gasteiger partial charge in [-0.05, 0) is 49.7 Å². The van der Waals surface area contributed by atoms with Gasteiger partial charge < -0.3 is 4.57 Å². The summed E-state index contributed by atoms with van der Waals surface area (Å²) in [6, 6.07) is 2.11. The number of hydrogen-bond acceptors (Lipinski definition) is 2. The number of aryl methyl sites for hydroxylation is 1. The molecule has 0 N–H and O–H groups in total. The van der Waals surface area contributed by atoms with E-state index in [9.17, 15) is 4.79 Å². The molecule has 112 valence electrons. The van der Waals surface area contributed by atoms with E-state index in [0.717, 1.165) is 18.5 Å². The number of fused-ring (bicyclic) bond motifs is 1. The minimum absolute atomic E-state index is 0.117. The van der Waals surface area contributed by atoms with Crippen LogP contribution in [0.15, 0.2) is 6.07 Å². The second kappa shape index (κ2) is 6.38. The highest BCUT2D eigenvalue weighted by Crippen LogP contribution is 2.36. The summed E-state index contributed by atoms with van der Waals surface area (Å²) in [5, 5.41) is 0. The van der Waals surface area contributed by atoms with Crippen molar-refractivity contribution in [2.24, 2.45) is 5.41 Å². The van der Waals surface area contributed by atoms with E-state index in [0.29, 0.717) is 12.2 Å². The highest BCUT2D eigenvalue weighted by Gasteiger charge is 2.33. The molecule has 0 fully saturated rings. The largest absolute Gasteiger partial charge is 0.348 e. The molecular formula is C17H27NOS. The number of ketones is 1. The molecule has 1 aliphatic rings. The Labute approximate surface area is 127 Å². The van der Waals surface area contributed by atoms with Crippen LogP contribution in [0.4, 0.5) is 0 Å². The van der Waals surface area contributed by atoms with Crippen LogP contribution in [-0.4, -0.2) is 22.4 Å². The molecule has 0 bridgehead atoms. The first kappa shape index (κ1) is 15.7. The van der Waals surface area contributed by atoms with E-state index in [1.54, 1.807) is 0 Å². The van der Waals surface area contributed by atoms with Crippen molar-refractivity contribution in [1.29, 1.82) is 0 Å². The summed E-state index contributed by atoms with van der Waals surface area (Å²) in [6.45, 7) is 7.62. The predicted molar refractivity (Wildman–Crippen MR) is 87.8 cm³/mol. The molecule has 0 saturated carbocycles. The van der Waals surface area contributed by atoms with Gasteiger partial charge in [0, 0.05) is 29.9 Å². The van der Waals surface area contributed by atoms with Gasteiger partial charge in [-0.2, -0.15) is 11.8 Å². The Morgan fingerprint density at radius 2 is 2.00 bits per heavy atom. The monoisotopic (exact) mass is 293 g/mol. The first-order chi connectivity index (χ1) is 9.44. The molecule has 0 aliphatic heterocycles. The van der Waals surface area contributed by atoms with Gasteiger partial charge in [0.15, 0.2) is 5.78 Å². The molecule has 0 aromatic carbocycles. The summed E-state index contributed by atoms with van der Waals surface area (Å²) in [6.07, 6.45) is 7.69. The van der Waals surface area contributed by atoms with E-state index < -0.39 is 0 Å². The number of carbonyl (C=O) groups is 1. The lowest BCUT2D eigenvalue weighted by molar-refractivity contribution is 0.0910. The van der Waals surface area contributed by atoms with Gasteiger partial charge in [-0.3, -0.25) is 4.79 Å². The third-order valence-electron chi connectivity index (χ3n) is 4.23. The van der Waals surface area contributed by atoms with E-state index in [1.165, 1.54) is 36.4 Å². The third-order valence-corrected chi connectivity index (χ3v) is 4.93. The van der Waals surface area contributed by atoms with Crippen molar-refractivity contribution in [2.45, 2.75) is 59.4 Å². The first-order valence-electron chi connectivity index (χ1n) is 7.66. The van der Waals surface area contributed by atoms with E-state index in [1.807, 2.05) is 11.8 Å². The minimum atomic E-state index is 0.117. The summed E-state index contributed by atoms with van der Waals surface area (Å²) in [5.74, 6) is 1.59. The molecule has 20 heavy (non-hydrogen) atoms. The van der Waals surface area contributed by atoms with Gasteiger partial charge in [-0.15, -0.1) is 0 Å². The highest BCUT2D eigenvalue weighted by molar-refractivity contribution is 7.98. The number of nitrogens with zero attached hydrogens (tertiary/aromatic N) is 1. The fourth-order valence-corrected chi connectivity index (χ4v) is 3.70. The van der Waals surface area contributed by atoms with Crippen molar-refractivity contribution in [1.82, 2.24) is 4.57 Å². The Kier molecular flexibility index (Phi) is 5.00. The summed E-state index contributed by atoms with van der Waals surface area (Å²) in [7, 11) is 0. The number of thioether (sulfide) groups is 1. The normalized spacial score (nSPS) is 17.3. The van der Waals surface area contributed by atoms with Crippen LogP contribution >= 0.6 is 11.8 Å². The number of aromatic nitrogens is 1. The van der Waals surface area contributed by atoms with Crippen LogP contribution in [0, 0.1) is 12.3 Å². The van der Waals surface area contributed by atoms with Gasteiger partial charge in [0.2, 0.25) is 0 Å². The lowest BCUT2D eigenvalue weighted by Gasteiger charge is -2.30. The van der Waals surface area contributed by atoms with Crippen molar-refractivity contribution in [3.05, 3.63) is 23.0 Å². The van der Waals surface area contributed by atoms with Crippen molar-refractivity contribution in [3.8, 4) is 0 Å². The van der Waals surface area contributed by atoms with Crippen molar-refractivity contribution in [2.75, 3.05) is 12.0 Å². The molecule has 1 aliphatic carbocycles. The number of carbonyl (C=O) groups excluding carboxylic acids is 1. The van der Waals surface area contributed by atoms with E-state index in [4.69, 9.17) is 0 Å². The van der Waals surface area contributed by atoms with E-state index in [2.05, 4.69) is 37.7 Å². The molecule has 3 heteroatoms. The quantitative estimate of drug-likeness (QED) is 0.721. The molecule has 2 nitrogen and oxygen atoms in total. The molecule has 1 aromatic rings. The number of Topliss-reactive ketones (excluding diaryl/α,β-unsaturated/α-hetero) is 1. The van der Waals surface area contributed by atoms with Gasteiger partial charge in [-0.25, -0.2) is 0 Å². The van der Waals surface area contributed by atoms with Crippen molar-refractivity contribution < 1.29 is 4.79 Å². The zero-order valence-corrected chi connectivity index (χ0v) is 14.1. The van der Waals surface area contributed by atoms with Crippen LogP contribution in [0.2, 0.25) is 0 Å². The number of hydrogen-bond donors (Lipinski definition) is 0. The van der Waals surface area contributed by atoms with Crippen LogP contribution < -0.4 is 0 Å². The molecule has 0 radical (unpaired) electrons. The zero-order valence-electron chi connectivity index (χ0n) is 13.3. The Balaban J connectivity index is 2.09. The minimum Gasteiger partial charge on any atom is -0.348 e. The van der Waals surface area contributed by atoms with Gasteiger partial charge in [-0.1, -0.05) is 20.3 Å². The Morgan fingerprint density at radius 3 is 2.70 bits per heavy atom. The summed E-state index contributed by atoms with van der Waals surface area (Å²) in [4.78, 5) is 12.3. The fourth-order valence-electron chi connectivity index (χ4n) is 3.21. The average Bonchev–Trinajstić information content (AvgIpc) is 2.65. The van der Waals surface area contributed by atoms with Crippen LogP contribution in [-0.2, 0) is 13.0 Å². The first-order valence-corrected chi connectivity index (χ1v) is 9.05. The summed E-state index contributed by atoms with van der Waals surface area (Å²) >= 11 is 1.92. The number of rotatable bonds is 6. The zero-order chi connectivity index (χ0) is 14.8. The van der Waals surface area contributed by atoms with Crippen molar-refractivity contribution in [3.63, 3.8) is 0 Å². The molecule has 0 amide bonds. The molecule has 1 aromatic heterocycles. The fraction of sp³-hybridized carbons (Fsp3) is 0.706. The lowest BCUT2D eigenvalue weighted by Crippen LogP contribution is -2.28. The standard InChI is InChI=1S/C17H27NOS/c1-13-10-14-15(11-17(2,3)12-16(14)19)18(13)8-6-5-7-9-20-4/h10H,5-9,11-12H2,1-4H3. The maximum atomic E-state index is 12.3. The number of unbranched alkanes of at least 4 members (excludes halogenated alkanes) is 2. The molecule has 0 spiro atoms. The van der Waals surface area contributed by atoms with Gasteiger partial charge in [0.1, 0.15) is 0 Å². The van der Waals surface area contributed by atoms with E-state index in [-0.39, 0.29) is 5.41 Å². The Hall–Kier alpha value is -0.700. The van der Waals surface area contributed by atoms with Crippen LogP contribution in [0.5, 0.6) is 0 Å². The van der Waals surface area contributed by atoms with Gasteiger partial charge >= 0.3 is 0 Å². The Bertz CT molecular complexity index is 487. The molecule has 0 saturated heterocycles. The maximum absolute atomic E-state index is 12.3. The second-order valence-corrected chi connectivity index (χ2v) is 7.78. The predicted octanol–water partition coefficient (Wildman–Crippen LogP) is 4.48. The van der Waals surface area contributed by atoms with Crippen LogP contribution in [0.25, 0.3) is 0 Å². The average molecular weight is 293 g/mol. The van der Waals surface area contributed by atoms with Crippen LogP contribution in [0.3, 0.4) is 0 Å². The van der Waals surface area contributed by atoms with Crippen molar-refractivity contribution >= 4 is 17.5 Å². The topological polar surface area (TPSA) is 22.0 Å². The Morgan fingerprint density at radius 1 is 1.25 bits per heavy atom. The molecule has 0 unspecified atom stereocenters. The van der Waals surface area contributed by atoms with E-state index >= 15 is 0 Å².